The largest absolute Gasteiger partial charge is 0.347 e. The van der Waals surface area contributed by atoms with E-state index < -0.39 is 0 Å². The highest BCUT2D eigenvalue weighted by atomic mass is 35.5. The zero-order valence-electron chi connectivity index (χ0n) is 16.2. The average Bonchev–Trinajstić information content (AvgIpc) is 2.73. The third-order valence-electron chi connectivity index (χ3n) is 4.98. The summed E-state index contributed by atoms with van der Waals surface area (Å²) >= 11 is 0. The van der Waals surface area contributed by atoms with Gasteiger partial charge in [-0.3, -0.25) is 9.59 Å². The third kappa shape index (κ3) is 5.81. The van der Waals surface area contributed by atoms with E-state index in [-0.39, 0.29) is 43.2 Å². The first kappa shape index (κ1) is 21.9. The molecule has 2 aromatic rings. The second-order valence-corrected chi connectivity index (χ2v) is 6.84. The number of aryl methyl sites for hydroxylation is 1. The van der Waals surface area contributed by atoms with Gasteiger partial charge in [0.2, 0.25) is 11.8 Å². The maximum Gasteiger partial charge on any atom is 0.242 e. The fraction of sp³-hybridized carbons (Fsp3) is 0.364. The summed E-state index contributed by atoms with van der Waals surface area (Å²) in [4.78, 5) is 26.7. The number of piperazine rings is 1. The van der Waals surface area contributed by atoms with Gasteiger partial charge in [-0.05, 0) is 23.1 Å². The first-order chi connectivity index (χ1) is 13.2. The summed E-state index contributed by atoms with van der Waals surface area (Å²) in [6.45, 7) is 4.32. The lowest BCUT2D eigenvalue weighted by Crippen LogP contribution is -2.51. The summed E-state index contributed by atoms with van der Waals surface area (Å²) < 4.78 is 0. The molecule has 0 aliphatic carbocycles. The van der Waals surface area contributed by atoms with Gasteiger partial charge in [-0.2, -0.15) is 0 Å². The standard InChI is InChI=1S/C22H27N3O2.ClH/c1-2-17-8-10-19(11-9-17)20-15-23-12-13-25(20)22(27)16-24-21(26)14-18-6-4-3-5-7-18;/h3-11,20,23H,2,12-16H2,1H3,(H,24,26);1H. The summed E-state index contributed by atoms with van der Waals surface area (Å²) in [5, 5.41) is 6.13. The van der Waals surface area contributed by atoms with Gasteiger partial charge >= 0.3 is 0 Å². The van der Waals surface area contributed by atoms with E-state index in [1.54, 1.807) is 0 Å². The highest BCUT2D eigenvalue weighted by Gasteiger charge is 2.27. The molecule has 150 valence electrons. The maximum atomic E-state index is 12.7. The quantitative estimate of drug-likeness (QED) is 0.781. The number of amides is 2. The van der Waals surface area contributed by atoms with Crippen LogP contribution >= 0.6 is 12.4 Å². The molecule has 1 atom stereocenters. The average molecular weight is 402 g/mol. The van der Waals surface area contributed by atoms with Crippen molar-refractivity contribution in [1.29, 1.82) is 0 Å². The van der Waals surface area contributed by atoms with Gasteiger partial charge in [0, 0.05) is 19.6 Å². The van der Waals surface area contributed by atoms with E-state index in [4.69, 9.17) is 0 Å². The first-order valence-electron chi connectivity index (χ1n) is 9.57. The van der Waals surface area contributed by atoms with Crippen LogP contribution < -0.4 is 10.6 Å². The molecule has 1 saturated heterocycles. The van der Waals surface area contributed by atoms with Gasteiger partial charge in [-0.15, -0.1) is 12.4 Å². The Labute approximate surface area is 172 Å². The molecule has 0 radical (unpaired) electrons. The molecule has 1 unspecified atom stereocenters. The number of hydrogen-bond acceptors (Lipinski definition) is 3. The molecule has 1 aliphatic heterocycles. The van der Waals surface area contributed by atoms with Crippen LogP contribution in [-0.4, -0.2) is 42.9 Å². The van der Waals surface area contributed by atoms with Crippen molar-refractivity contribution >= 4 is 24.2 Å². The van der Waals surface area contributed by atoms with Gasteiger partial charge in [0.25, 0.3) is 0 Å². The Morgan fingerprint density at radius 3 is 2.46 bits per heavy atom. The molecule has 28 heavy (non-hydrogen) atoms. The summed E-state index contributed by atoms with van der Waals surface area (Å²) in [6.07, 6.45) is 1.29. The first-order valence-corrected chi connectivity index (χ1v) is 9.57. The molecule has 6 heteroatoms. The summed E-state index contributed by atoms with van der Waals surface area (Å²) in [7, 11) is 0. The molecule has 1 fully saturated rings. The van der Waals surface area contributed by atoms with E-state index in [1.165, 1.54) is 5.56 Å². The summed E-state index contributed by atoms with van der Waals surface area (Å²) in [6, 6.07) is 18.0. The molecule has 2 amide bonds. The van der Waals surface area contributed by atoms with E-state index in [0.717, 1.165) is 30.6 Å². The molecule has 3 rings (SSSR count). The number of benzene rings is 2. The Bertz CT molecular complexity index is 765. The molecule has 1 aliphatic rings. The number of carbonyl (C=O) groups excluding carboxylic acids is 2. The molecule has 2 N–H and O–H groups in total. The Morgan fingerprint density at radius 2 is 1.79 bits per heavy atom. The molecule has 5 nitrogen and oxygen atoms in total. The van der Waals surface area contributed by atoms with Crippen molar-refractivity contribution in [2.24, 2.45) is 0 Å². The topological polar surface area (TPSA) is 61.4 Å². The smallest absolute Gasteiger partial charge is 0.242 e. The Morgan fingerprint density at radius 1 is 1.07 bits per heavy atom. The zero-order valence-corrected chi connectivity index (χ0v) is 17.0. The number of nitrogens with one attached hydrogen (secondary N) is 2. The zero-order chi connectivity index (χ0) is 19.1. The molecule has 0 aromatic heterocycles. The fourth-order valence-electron chi connectivity index (χ4n) is 3.40. The van der Waals surface area contributed by atoms with Crippen LogP contribution in [0.3, 0.4) is 0 Å². The fourth-order valence-corrected chi connectivity index (χ4v) is 3.40. The predicted octanol–water partition coefficient (Wildman–Crippen LogP) is 2.50. The molecular formula is C22H28ClN3O2. The van der Waals surface area contributed by atoms with Crippen molar-refractivity contribution in [1.82, 2.24) is 15.5 Å². The molecule has 0 saturated carbocycles. The number of hydrogen-bond donors (Lipinski definition) is 2. The van der Waals surface area contributed by atoms with Crippen LogP contribution in [0.25, 0.3) is 0 Å². The number of rotatable bonds is 6. The predicted molar refractivity (Wildman–Crippen MR) is 114 cm³/mol. The van der Waals surface area contributed by atoms with E-state index in [2.05, 4.69) is 41.8 Å². The number of halogens is 1. The van der Waals surface area contributed by atoms with Crippen LogP contribution in [0.4, 0.5) is 0 Å². The minimum absolute atomic E-state index is 0. The van der Waals surface area contributed by atoms with E-state index in [1.807, 2.05) is 35.2 Å². The van der Waals surface area contributed by atoms with Crippen molar-refractivity contribution in [2.45, 2.75) is 25.8 Å². The number of carbonyl (C=O) groups is 2. The Balaban J connectivity index is 0.00000280. The highest BCUT2D eigenvalue weighted by Crippen LogP contribution is 2.22. The van der Waals surface area contributed by atoms with Crippen molar-refractivity contribution in [2.75, 3.05) is 26.2 Å². The second-order valence-electron chi connectivity index (χ2n) is 6.84. The molecule has 0 spiro atoms. The van der Waals surface area contributed by atoms with Gasteiger partial charge in [-0.25, -0.2) is 0 Å². The SMILES string of the molecule is CCc1ccc(C2CNCCN2C(=O)CNC(=O)Cc2ccccc2)cc1.Cl. The Kier molecular flexibility index (Phi) is 8.48. The van der Waals surface area contributed by atoms with Gasteiger partial charge < -0.3 is 15.5 Å². The normalized spacial score (nSPS) is 16.2. The second kappa shape index (κ2) is 10.8. The highest BCUT2D eigenvalue weighted by molar-refractivity contribution is 5.86. The van der Waals surface area contributed by atoms with Gasteiger partial charge in [0.1, 0.15) is 0 Å². The minimum atomic E-state index is -0.131. The number of nitrogens with zero attached hydrogens (tertiary/aromatic N) is 1. The molecule has 0 bridgehead atoms. The van der Waals surface area contributed by atoms with Crippen molar-refractivity contribution < 1.29 is 9.59 Å². The maximum absolute atomic E-state index is 12.7. The van der Waals surface area contributed by atoms with Gasteiger partial charge in [0.05, 0.1) is 19.0 Å². The summed E-state index contributed by atoms with van der Waals surface area (Å²) in [5.74, 6) is -0.170. The minimum Gasteiger partial charge on any atom is -0.347 e. The lowest BCUT2D eigenvalue weighted by atomic mass is 10.0. The van der Waals surface area contributed by atoms with E-state index in [9.17, 15) is 9.59 Å². The van der Waals surface area contributed by atoms with Gasteiger partial charge in [-0.1, -0.05) is 61.5 Å². The lowest BCUT2D eigenvalue weighted by Gasteiger charge is -2.36. The molecule has 1 heterocycles. The van der Waals surface area contributed by atoms with Crippen LogP contribution in [0.1, 0.15) is 29.7 Å². The van der Waals surface area contributed by atoms with Crippen molar-refractivity contribution in [3.05, 3.63) is 71.3 Å². The Hall–Kier alpha value is -2.37. The van der Waals surface area contributed by atoms with Crippen LogP contribution in [-0.2, 0) is 22.4 Å². The molecule has 2 aromatic carbocycles. The van der Waals surface area contributed by atoms with Crippen molar-refractivity contribution in [3.8, 4) is 0 Å². The van der Waals surface area contributed by atoms with E-state index >= 15 is 0 Å². The third-order valence-corrected chi connectivity index (χ3v) is 4.98. The van der Waals surface area contributed by atoms with Gasteiger partial charge in [0.15, 0.2) is 0 Å². The van der Waals surface area contributed by atoms with Crippen LogP contribution in [0, 0.1) is 0 Å². The van der Waals surface area contributed by atoms with Crippen LogP contribution in [0.15, 0.2) is 54.6 Å². The van der Waals surface area contributed by atoms with Crippen LogP contribution in [0.5, 0.6) is 0 Å². The van der Waals surface area contributed by atoms with Crippen LogP contribution in [0.2, 0.25) is 0 Å². The van der Waals surface area contributed by atoms with Crippen molar-refractivity contribution in [3.63, 3.8) is 0 Å². The molecular weight excluding hydrogens is 374 g/mol. The lowest BCUT2D eigenvalue weighted by molar-refractivity contribution is -0.135. The monoisotopic (exact) mass is 401 g/mol. The van der Waals surface area contributed by atoms with E-state index in [0.29, 0.717) is 6.54 Å². The summed E-state index contributed by atoms with van der Waals surface area (Å²) in [5.41, 5.74) is 3.36.